The monoisotopic (exact) mass is 685 g/mol. The van der Waals surface area contributed by atoms with Crippen LogP contribution in [0.2, 0.25) is 0 Å². The molecule has 4 aromatic rings. The van der Waals surface area contributed by atoms with Crippen LogP contribution in [0.1, 0.15) is 36.8 Å². The van der Waals surface area contributed by atoms with Crippen LogP contribution in [0.25, 0.3) is 0 Å². The molecule has 10 nitrogen and oxygen atoms in total. The molecular weight excluding hydrogens is 642 g/mol. The molecule has 49 heavy (non-hydrogen) atoms. The van der Waals surface area contributed by atoms with Crippen molar-refractivity contribution < 1.29 is 32.2 Å². The lowest BCUT2D eigenvalue weighted by Gasteiger charge is -2.34. The molecule has 1 aliphatic rings. The molecule has 5 rings (SSSR count). The molecular formula is C38H43N3O7S. The summed E-state index contributed by atoms with van der Waals surface area (Å²) < 4.78 is 46.0. The Morgan fingerprint density at radius 1 is 0.776 bits per heavy atom. The Kier molecular flexibility index (Phi) is 11.8. The zero-order valence-corrected chi connectivity index (χ0v) is 28.9. The fourth-order valence-corrected chi connectivity index (χ4v) is 7.55. The number of ether oxygens (including phenoxy) is 3. The van der Waals surface area contributed by atoms with Gasteiger partial charge in [-0.05, 0) is 60.4 Å². The number of methoxy groups -OCH3 is 3. The van der Waals surface area contributed by atoms with E-state index in [1.807, 2.05) is 48.5 Å². The van der Waals surface area contributed by atoms with E-state index in [1.54, 1.807) is 43.5 Å². The number of nitrogens with zero attached hydrogens (tertiary/aromatic N) is 2. The molecule has 0 aromatic heterocycles. The van der Waals surface area contributed by atoms with Gasteiger partial charge in [-0.25, -0.2) is 8.42 Å². The molecule has 0 bridgehead atoms. The fraction of sp³-hybridized carbons (Fsp3) is 0.316. The van der Waals surface area contributed by atoms with Crippen molar-refractivity contribution >= 4 is 27.5 Å². The third-order valence-corrected chi connectivity index (χ3v) is 10.5. The number of hydrogen-bond donors (Lipinski definition) is 1. The topological polar surface area (TPSA) is 114 Å². The van der Waals surface area contributed by atoms with Crippen LogP contribution in [0.5, 0.6) is 17.2 Å². The molecule has 0 aliphatic heterocycles. The quantitative estimate of drug-likeness (QED) is 0.173. The van der Waals surface area contributed by atoms with Crippen molar-refractivity contribution in [3.05, 3.63) is 114 Å². The summed E-state index contributed by atoms with van der Waals surface area (Å²) in [5.41, 5.74) is 1.89. The van der Waals surface area contributed by atoms with Gasteiger partial charge in [0.25, 0.3) is 10.0 Å². The van der Waals surface area contributed by atoms with Gasteiger partial charge in [-0.1, -0.05) is 73.5 Å². The van der Waals surface area contributed by atoms with Crippen LogP contribution in [-0.4, -0.2) is 65.1 Å². The minimum atomic E-state index is -4.32. The van der Waals surface area contributed by atoms with Crippen molar-refractivity contribution in [3.63, 3.8) is 0 Å². The van der Waals surface area contributed by atoms with Crippen molar-refractivity contribution in [2.75, 3.05) is 32.2 Å². The third-order valence-electron chi connectivity index (χ3n) is 8.73. The number of sulfonamides is 1. The minimum absolute atomic E-state index is 0.0193. The Labute approximate surface area is 288 Å². The van der Waals surface area contributed by atoms with Crippen molar-refractivity contribution in [1.82, 2.24) is 10.2 Å². The summed E-state index contributed by atoms with van der Waals surface area (Å²) in [5, 5.41) is 3.19. The van der Waals surface area contributed by atoms with E-state index in [-0.39, 0.29) is 35.6 Å². The maximum atomic E-state index is 14.7. The Hall–Kier alpha value is -5.03. The summed E-state index contributed by atoms with van der Waals surface area (Å²) in [4.78, 5) is 30.3. The molecule has 0 radical (unpaired) electrons. The summed E-state index contributed by atoms with van der Waals surface area (Å²) in [6, 6.07) is 28.6. The number of carbonyl (C=O) groups excluding carboxylic acids is 2. The summed E-state index contributed by atoms with van der Waals surface area (Å²) in [5.74, 6) is 0.375. The van der Waals surface area contributed by atoms with Gasteiger partial charge >= 0.3 is 0 Å². The average molecular weight is 686 g/mol. The summed E-state index contributed by atoms with van der Waals surface area (Å²) in [7, 11) is 0.132. The predicted molar refractivity (Wildman–Crippen MR) is 188 cm³/mol. The molecule has 258 valence electrons. The number of rotatable bonds is 15. The molecule has 1 fully saturated rings. The molecule has 1 aliphatic carbocycles. The lowest BCUT2D eigenvalue weighted by molar-refractivity contribution is -0.140. The van der Waals surface area contributed by atoms with Gasteiger partial charge in [0.15, 0.2) is 11.5 Å². The smallest absolute Gasteiger partial charge is 0.264 e. The molecule has 0 spiro atoms. The van der Waals surface area contributed by atoms with E-state index >= 15 is 0 Å². The maximum absolute atomic E-state index is 14.7. The van der Waals surface area contributed by atoms with Gasteiger partial charge in [0.05, 0.1) is 31.9 Å². The Balaban J connectivity index is 1.57. The number of benzene rings is 4. The van der Waals surface area contributed by atoms with Crippen LogP contribution in [0.4, 0.5) is 5.69 Å². The van der Waals surface area contributed by atoms with Gasteiger partial charge in [0.2, 0.25) is 11.8 Å². The van der Waals surface area contributed by atoms with E-state index in [2.05, 4.69) is 5.32 Å². The average Bonchev–Trinajstić information content (AvgIpc) is 3.65. The lowest BCUT2D eigenvalue weighted by atomic mass is 10.0. The maximum Gasteiger partial charge on any atom is 0.264 e. The van der Waals surface area contributed by atoms with Gasteiger partial charge in [0, 0.05) is 25.1 Å². The van der Waals surface area contributed by atoms with E-state index in [4.69, 9.17) is 14.2 Å². The van der Waals surface area contributed by atoms with Crippen LogP contribution < -0.4 is 23.8 Å². The molecule has 1 saturated carbocycles. The van der Waals surface area contributed by atoms with E-state index in [1.165, 1.54) is 37.3 Å². The molecule has 1 atom stereocenters. The standard InChI is InChI=1S/C38H43N3O7S/c1-46-32-20-12-15-29(23-32)26-40(34(24-28-13-6-4-7-14-28)38(43)39-30-16-10-11-17-30)37(42)27-41(31-18-8-5-9-19-31)49(44,45)33-21-22-35(47-2)36(25-33)48-3/h4-9,12-15,18-23,25,30,34H,10-11,16-17,24,26-27H2,1-3H3,(H,39,43). The molecule has 1 unspecified atom stereocenters. The summed E-state index contributed by atoms with van der Waals surface area (Å²) in [6.45, 7) is -0.517. The predicted octanol–water partition coefficient (Wildman–Crippen LogP) is 5.61. The van der Waals surface area contributed by atoms with Gasteiger partial charge < -0.3 is 24.4 Å². The van der Waals surface area contributed by atoms with Gasteiger partial charge in [-0.2, -0.15) is 0 Å². The first-order valence-electron chi connectivity index (χ1n) is 16.3. The van der Waals surface area contributed by atoms with Gasteiger partial charge in [-0.3, -0.25) is 13.9 Å². The fourth-order valence-electron chi connectivity index (χ4n) is 6.12. The first-order valence-corrected chi connectivity index (χ1v) is 17.7. The molecule has 0 saturated heterocycles. The number of nitrogens with one attached hydrogen (secondary N) is 1. The molecule has 11 heteroatoms. The van der Waals surface area contributed by atoms with Crippen molar-refractivity contribution in [2.45, 2.75) is 55.6 Å². The van der Waals surface area contributed by atoms with Crippen molar-refractivity contribution in [1.29, 1.82) is 0 Å². The van der Waals surface area contributed by atoms with Gasteiger partial charge in [-0.15, -0.1) is 0 Å². The minimum Gasteiger partial charge on any atom is -0.497 e. The Bertz CT molecular complexity index is 1810. The van der Waals surface area contributed by atoms with E-state index < -0.39 is 28.5 Å². The SMILES string of the molecule is COc1cccc(CN(C(=O)CN(c2ccccc2)S(=O)(=O)c2ccc(OC)c(OC)c2)C(Cc2ccccc2)C(=O)NC2CCCC2)c1. The van der Waals surface area contributed by atoms with Crippen LogP contribution in [0.3, 0.4) is 0 Å². The highest BCUT2D eigenvalue weighted by atomic mass is 32.2. The number of anilines is 1. The van der Waals surface area contributed by atoms with Crippen LogP contribution >= 0.6 is 0 Å². The zero-order chi connectivity index (χ0) is 34.8. The lowest BCUT2D eigenvalue weighted by Crippen LogP contribution is -2.54. The Morgan fingerprint density at radius 3 is 2.08 bits per heavy atom. The number of para-hydroxylation sites is 1. The number of hydrogen-bond acceptors (Lipinski definition) is 7. The second-order valence-corrected chi connectivity index (χ2v) is 13.8. The highest BCUT2D eigenvalue weighted by Gasteiger charge is 2.36. The highest BCUT2D eigenvalue weighted by Crippen LogP contribution is 2.32. The summed E-state index contributed by atoms with van der Waals surface area (Å²) in [6.07, 6.45) is 4.04. The molecule has 2 amide bonds. The van der Waals surface area contributed by atoms with E-state index in [0.717, 1.165) is 41.1 Å². The van der Waals surface area contributed by atoms with Crippen LogP contribution in [0, 0.1) is 0 Å². The third kappa shape index (κ3) is 8.72. The molecule has 0 heterocycles. The number of carbonyl (C=O) groups is 2. The second-order valence-electron chi connectivity index (χ2n) is 11.9. The van der Waals surface area contributed by atoms with Crippen LogP contribution in [-0.2, 0) is 32.6 Å². The highest BCUT2D eigenvalue weighted by molar-refractivity contribution is 7.92. The normalized spacial score (nSPS) is 13.7. The largest absolute Gasteiger partial charge is 0.497 e. The van der Waals surface area contributed by atoms with E-state index in [9.17, 15) is 18.0 Å². The Morgan fingerprint density at radius 2 is 1.43 bits per heavy atom. The van der Waals surface area contributed by atoms with Crippen molar-refractivity contribution in [2.24, 2.45) is 0 Å². The zero-order valence-electron chi connectivity index (χ0n) is 28.1. The number of amides is 2. The summed E-state index contributed by atoms with van der Waals surface area (Å²) >= 11 is 0. The second kappa shape index (κ2) is 16.4. The van der Waals surface area contributed by atoms with Gasteiger partial charge in [0.1, 0.15) is 18.3 Å². The molecule has 1 N–H and O–H groups in total. The first kappa shape index (κ1) is 35.3. The molecule has 4 aromatic carbocycles. The van der Waals surface area contributed by atoms with Crippen molar-refractivity contribution in [3.8, 4) is 17.2 Å². The van der Waals surface area contributed by atoms with E-state index in [0.29, 0.717) is 17.2 Å². The van der Waals surface area contributed by atoms with Crippen LogP contribution in [0.15, 0.2) is 108 Å². The first-order chi connectivity index (χ1) is 23.7.